The molecule has 2 amide bonds. The second-order valence-corrected chi connectivity index (χ2v) is 5.34. The van der Waals surface area contributed by atoms with Crippen molar-refractivity contribution >= 4 is 29.5 Å². The van der Waals surface area contributed by atoms with E-state index in [1.54, 1.807) is 18.4 Å². The molecule has 0 radical (unpaired) electrons. The lowest BCUT2D eigenvalue weighted by Gasteiger charge is -2.37. The summed E-state index contributed by atoms with van der Waals surface area (Å²) in [7, 11) is 0. The quantitative estimate of drug-likeness (QED) is 0.600. The molecule has 0 aromatic carbocycles. The number of hydrogen-bond acceptors (Lipinski definition) is 4. The fourth-order valence-electron chi connectivity index (χ4n) is 2.27. The van der Waals surface area contributed by atoms with Crippen molar-refractivity contribution in [2.45, 2.75) is 26.3 Å². The molecule has 7 heteroatoms. The summed E-state index contributed by atoms with van der Waals surface area (Å²) in [4.78, 5) is 35.8. The van der Waals surface area contributed by atoms with Crippen molar-refractivity contribution in [2.24, 2.45) is 0 Å². The van der Waals surface area contributed by atoms with Gasteiger partial charge in [-0.15, -0.1) is 0 Å². The van der Waals surface area contributed by atoms with Crippen LogP contribution in [0.3, 0.4) is 0 Å². The van der Waals surface area contributed by atoms with E-state index in [-0.39, 0.29) is 23.6 Å². The zero-order valence-corrected chi connectivity index (χ0v) is 11.9. The normalized spacial score (nSPS) is 23.3. The van der Waals surface area contributed by atoms with Gasteiger partial charge >= 0.3 is 5.97 Å². The maximum absolute atomic E-state index is 11.8. The van der Waals surface area contributed by atoms with Crippen LogP contribution in [0, 0.1) is 0 Å². The standard InChI is InChI=1S/C13H14N2O4S/c1-3-8-9-6-10(20-5-4-14-7(2)16)11(13(18)19)15(9)12(8)17/h3-5,9H,6H2,1-2H3,(H,14,16)(H,18,19)/t9-/m1/s1. The van der Waals surface area contributed by atoms with Crippen molar-refractivity contribution in [1.82, 2.24) is 10.2 Å². The van der Waals surface area contributed by atoms with Gasteiger partial charge < -0.3 is 10.4 Å². The lowest BCUT2D eigenvalue weighted by molar-refractivity contribution is -0.142. The lowest BCUT2D eigenvalue weighted by atomic mass is 9.94. The number of β-lactam (4-membered cyclic amide) rings is 1. The van der Waals surface area contributed by atoms with Crippen molar-refractivity contribution in [2.75, 3.05) is 0 Å². The number of thioether (sulfide) groups is 1. The number of amides is 2. The van der Waals surface area contributed by atoms with Crippen molar-refractivity contribution < 1.29 is 19.5 Å². The van der Waals surface area contributed by atoms with Gasteiger partial charge in [-0.25, -0.2) is 4.79 Å². The number of carbonyl (C=O) groups is 3. The van der Waals surface area contributed by atoms with Gasteiger partial charge in [0.05, 0.1) is 6.04 Å². The van der Waals surface area contributed by atoms with Crippen LogP contribution < -0.4 is 5.32 Å². The smallest absolute Gasteiger partial charge is 0.353 e. The molecule has 0 saturated carbocycles. The summed E-state index contributed by atoms with van der Waals surface area (Å²) < 4.78 is 0. The highest BCUT2D eigenvalue weighted by Gasteiger charge is 2.51. The molecule has 1 atom stereocenters. The Balaban J connectivity index is 2.15. The third kappa shape index (κ3) is 2.36. The third-order valence-electron chi connectivity index (χ3n) is 3.10. The van der Waals surface area contributed by atoms with Gasteiger partial charge in [-0.3, -0.25) is 14.5 Å². The number of carbonyl (C=O) groups excluding carboxylic acids is 2. The number of nitrogens with zero attached hydrogens (tertiary/aromatic N) is 1. The Morgan fingerprint density at radius 2 is 2.20 bits per heavy atom. The molecule has 106 valence electrons. The molecule has 6 nitrogen and oxygen atoms in total. The van der Waals surface area contributed by atoms with E-state index in [1.807, 2.05) is 0 Å². The Kier molecular flexibility index (Phi) is 3.99. The highest BCUT2D eigenvalue weighted by Crippen LogP contribution is 2.45. The van der Waals surface area contributed by atoms with Crippen LogP contribution in [0.25, 0.3) is 0 Å². The van der Waals surface area contributed by atoms with Crippen LogP contribution in [-0.4, -0.2) is 33.8 Å². The fourth-order valence-corrected chi connectivity index (χ4v) is 3.12. The summed E-state index contributed by atoms with van der Waals surface area (Å²) in [6.07, 6.45) is 3.68. The van der Waals surface area contributed by atoms with Crippen LogP contribution in [0.2, 0.25) is 0 Å². The van der Waals surface area contributed by atoms with E-state index in [0.717, 1.165) is 0 Å². The number of hydrogen-bond donors (Lipinski definition) is 2. The molecule has 2 rings (SSSR count). The Morgan fingerprint density at radius 1 is 1.50 bits per heavy atom. The summed E-state index contributed by atoms with van der Waals surface area (Å²) >= 11 is 1.21. The van der Waals surface area contributed by atoms with Crippen LogP contribution in [-0.2, 0) is 14.4 Å². The summed E-state index contributed by atoms with van der Waals surface area (Å²) in [6.45, 7) is 3.16. The first-order valence-electron chi connectivity index (χ1n) is 6.02. The Labute approximate surface area is 120 Å². The van der Waals surface area contributed by atoms with Gasteiger partial charge in [0.15, 0.2) is 0 Å². The molecule has 2 heterocycles. The van der Waals surface area contributed by atoms with E-state index in [1.165, 1.54) is 29.8 Å². The summed E-state index contributed by atoms with van der Waals surface area (Å²) in [6, 6.07) is -0.157. The predicted molar refractivity (Wildman–Crippen MR) is 74.2 cm³/mol. The Bertz CT molecular complexity index is 577. The summed E-state index contributed by atoms with van der Waals surface area (Å²) in [5.41, 5.74) is 0.702. The van der Waals surface area contributed by atoms with E-state index in [4.69, 9.17) is 0 Å². The van der Waals surface area contributed by atoms with E-state index in [0.29, 0.717) is 16.9 Å². The minimum atomic E-state index is -1.11. The second kappa shape index (κ2) is 5.54. The number of carboxylic acid groups (broad SMARTS) is 1. The number of rotatable bonds is 4. The molecule has 0 aromatic rings. The Hall–Kier alpha value is -2.02. The predicted octanol–water partition coefficient (Wildman–Crippen LogP) is 1.18. The average Bonchev–Trinajstić information content (AvgIpc) is 2.70. The van der Waals surface area contributed by atoms with Gasteiger partial charge in [0, 0.05) is 30.0 Å². The van der Waals surface area contributed by atoms with Crippen LogP contribution >= 0.6 is 11.8 Å². The van der Waals surface area contributed by atoms with Gasteiger partial charge in [0.25, 0.3) is 5.91 Å². The Morgan fingerprint density at radius 3 is 2.75 bits per heavy atom. The minimum absolute atomic E-state index is 0.0445. The van der Waals surface area contributed by atoms with Gasteiger partial charge in [0.1, 0.15) is 5.70 Å². The van der Waals surface area contributed by atoms with Crippen molar-refractivity contribution in [3.05, 3.63) is 33.9 Å². The van der Waals surface area contributed by atoms with Crippen molar-refractivity contribution in [1.29, 1.82) is 0 Å². The van der Waals surface area contributed by atoms with Crippen molar-refractivity contribution in [3.8, 4) is 0 Å². The maximum Gasteiger partial charge on any atom is 0.353 e. The van der Waals surface area contributed by atoms with E-state index < -0.39 is 5.97 Å². The second-order valence-electron chi connectivity index (χ2n) is 4.34. The molecular weight excluding hydrogens is 280 g/mol. The van der Waals surface area contributed by atoms with E-state index in [9.17, 15) is 19.5 Å². The zero-order valence-electron chi connectivity index (χ0n) is 11.0. The largest absolute Gasteiger partial charge is 0.477 e. The first-order valence-corrected chi connectivity index (χ1v) is 6.90. The van der Waals surface area contributed by atoms with Crippen LogP contribution in [0.4, 0.5) is 0 Å². The molecule has 2 aliphatic rings. The topological polar surface area (TPSA) is 86.7 Å². The van der Waals surface area contributed by atoms with Gasteiger partial charge in [0.2, 0.25) is 5.91 Å². The number of nitrogens with one attached hydrogen (secondary N) is 1. The number of carboxylic acids is 1. The van der Waals surface area contributed by atoms with Gasteiger partial charge in [-0.05, 0) is 12.3 Å². The third-order valence-corrected chi connectivity index (χ3v) is 4.02. The summed E-state index contributed by atoms with van der Waals surface area (Å²) in [5.74, 6) is -1.54. The van der Waals surface area contributed by atoms with Crippen LogP contribution in [0.5, 0.6) is 0 Å². The average molecular weight is 294 g/mol. The molecule has 1 saturated heterocycles. The SMILES string of the molecule is CC=C1C(=O)N2C(C(=O)O)=C(SC=CNC(C)=O)C[C@H]12. The first kappa shape index (κ1) is 14.4. The highest BCUT2D eigenvalue weighted by atomic mass is 32.2. The first-order chi connectivity index (χ1) is 9.47. The highest BCUT2D eigenvalue weighted by molar-refractivity contribution is 8.05. The molecule has 2 aliphatic heterocycles. The van der Waals surface area contributed by atoms with Gasteiger partial charge in [-0.2, -0.15) is 0 Å². The van der Waals surface area contributed by atoms with Gasteiger partial charge in [-0.1, -0.05) is 17.8 Å². The van der Waals surface area contributed by atoms with E-state index >= 15 is 0 Å². The molecule has 0 spiro atoms. The number of fused-ring (bicyclic) bond motifs is 1. The van der Waals surface area contributed by atoms with E-state index in [2.05, 4.69) is 5.32 Å². The van der Waals surface area contributed by atoms with Crippen LogP contribution in [0.1, 0.15) is 20.3 Å². The summed E-state index contributed by atoms with van der Waals surface area (Å²) in [5, 5.41) is 13.3. The molecule has 0 unspecified atom stereocenters. The lowest BCUT2D eigenvalue weighted by Crippen LogP contribution is -2.52. The number of allylic oxidation sites excluding steroid dienone is 1. The van der Waals surface area contributed by atoms with Crippen LogP contribution in [0.15, 0.2) is 33.9 Å². The maximum atomic E-state index is 11.8. The fraction of sp³-hybridized carbons (Fsp3) is 0.308. The molecule has 0 aliphatic carbocycles. The van der Waals surface area contributed by atoms with Crippen molar-refractivity contribution in [3.63, 3.8) is 0 Å². The molecule has 2 N–H and O–H groups in total. The monoisotopic (exact) mass is 294 g/mol. The zero-order chi connectivity index (χ0) is 14.9. The molecule has 0 aromatic heterocycles. The molecule has 1 fully saturated rings. The molecule has 0 bridgehead atoms. The minimum Gasteiger partial charge on any atom is -0.477 e. The molecular formula is C13H14N2O4S. The number of aliphatic carboxylic acids is 1. The molecule has 20 heavy (non-hydrogen) atoms.